The maximum atomic E-state index is 13.8. The molecule has 2 amide bonds. The Morgan fingerprint density at radius 1 is 0.974 bits per heavy atom. The minimum absolute atomic E-state index is 0.109. The van der Waals surface area contributed by atoms with Gasteiger partial charge in [-0.2, -0.15) is 0 Å². The molecule has 0 radical (unpaired) electrons. The second kappa shape index (κ2) is 13.2. The number of carbonyl (C=O) groups excluding carboxylic acids is 2. The summed E-state index contributed by atoms with van der Waals surface area (Å²) in [5.74, 6) is -0.972. The first-order valence-electron chi connectivity index (χ1n) is 12.7. The van der Waals surface area contributed by atoms with Crippen LogP contribution >= 0.6 is 0 Å². The molecular weight excluding hydrogens is 521 g/mol. The largest absolute Gasteiger partial charge is 0.494 e. The zero-order chi connectivity index (χ0) is 28.6. The SMILES string of the molecule is CCNC(=O)[C@@H](C)N(Cc1ccccc1C)C(=O)CN(c1ccc(OCC)cc1)S(=O)(=O)c1ccc(F)cc1. The van der Waals surface area contributed by atoms with Gasteiger partial charge in [0.2, 0.25) is 11.8 Å². The molecule has 10 heteroatoms. The molecule has 3 aromatic rings. The molecule has 0 spiro atoms. The summed E-state index contributed by atoms with van der Waals surface area (Å²) in [6.45, 7) is 7.46. The number of ether oxygens (including phenoxy) is 1. The van der Waals surface area contributed by atoms with Gasteiger partial charge in [0.25, 0.3) is 10.0 Å². The molecular formula is C29H34FN3O5S. The molecule has 3 aromatic carbocycles. The Morgan fingerprint density at radius 2 is 1.62 bits per heavy atom. The van der Waals surface area contributed by atoms with Gasteiger partial charge in [0.1, 0.15) is 24.2 Å². The third kappa shape index (κ3) is 7.35. The molecule has 0 aliphatic rings. The van der Waals surface area contributed by atoms with Crippen molar-refractivity contribution in [2.75, 3.05) is 24.0 Å². The molecule has 1 atom stereocenters. The van der Waals surface area contributed by atoms with Crippen LogP contribution in [-0.4, -0.2) is 50.9 Å². The van der Waals surface area contributed by atoms with Crippen LogP contribution in [-0.2, 0) is 26.2 Å². The van der Waals surface area contributed by atoms with E-state index in [9.17, 15) is 22.4 Å². The van der Waals surface area contributed by atoms with Crippen molar-refractivity contribution in [1.29, 1.82) is 0 Å². The summed E-state index contributed by atoms with van der Waals surface area (Å²) in [7, 11) is -4.28. The smallest absolute Gasteiger partial charge is 0.264 e. The topological polar surface area (TPSA) is 96.0 Å². The number of aryl methyl sites for hydroxylation is 1. The first-order valence-corrected chi connectivity index (χ1v) is 14.1. The lowest BCUT2D eigenvalue weighted by molar-refractivity contribution is -0.139. The van der Waals surface area contributed by atoms with E-state index in [1.807, 2.05) is 38.1 Å². The van der Waals surface area contributed by atoms with Gasteiger partial charge in [-0.1, -0.05) is 24.3 Å². The molecule has 0 unspecified atom stereocenters. The molecule has 0 heterocycles. The standard InChI is InChI=1S/C29H34FN3O5S/c1-5-31-29(35)22(4)32(19-23-10-8-7-9-21(23)3)28(34)20-33(25-13-15-26(16-14-25)38-6-2)39(36,37)27-17-11-24(30)12-18-27/h7-18,22H,5-6,19-20H2,1-4H3,(H,31,35)/t22-/m1/s1. The molecule has 0 bridgehead atoms. The number of likely N-dealkylation sites (N-methyl/N-ethyl adjacent to an activating group) is 1. The lowest BCUT2D eigenvalue weighted by Crippen LogP contribution is -2.51. The molecule has 0 saturated heterocycles. The number of nitrogens with one attached hydrogen (secondary N) is 1. The van der Waals surface area contributed by atoms with Crippen LogP contribution < -0.4 is 14.4 Å². The summed E-state index contributed by atoms with van der Waals surface area (Å²) in [4.78, 5) is 27.8. The maximum Gasteiger partial charge on any atom is 0.264 e. The molecule has 8 nitrogen and oxygen atoms in total. The predicted molar refractivity (Wildman–Crippen MR) is 148 cm³/mol. The van der Waals surface area contributed by atoms with E-state index < -0.39 is 34.3 Å². The van der Waals surface area contributed by atoms with Crippen molar-refractivity contribution >= 4 is 27.5 Å². The molecule has 3 rings (SSSR count). The Labute approximate surface area is 229 Å². The number of hydrogen-bond donors (Lipinski definition) is 1. The molecule has 0 fully saturated rings. The average Bonchev–Trinajstić information content (AvgIpc) is 2.92. The van der Waals surface area contributed by atoms with Crippen LogP contribution in [0.5, 0.6) is 5.75 Å². The number of carbonyl (C=O) groups is 2. The van der Waals surface area contributed by atoms with Gasteiger partial charge >= 0.3 is 0 Å². The third-order valence-electron chi connectivity index (χ3n) is 6.24. The Bertz CT molecular complexity index is 1380. The summed E-state index contributed by atoms with van der Waals surface area (Å²) < 4.78 is 47.5. The fourth-order valence-corrected chi connectivity index (χ4v) is 5.43. The van der Waals surface area contributed by atoms with E-state index in [0.717, 1.165) is 39.7 Å². The first kappa shape index (κ1) is 29.6. The maximum absolute atomic E-state index is 13.8. The number of nitrogens with zero attached hydrogens (tertiary/aromatic N) is 2. The summed E-state index contributed by atoms with van der Waals surface area (Å²) in [5, 5.41) is 2.73. The molecule has 208 valence electrons. The number of sulfonamides is 1. The second-order valence-corrected chi connectivity index (χ2v) is 10.8. The van der Waals surface area contributed by atoms with Gasteiger partial charge in [0.15, 0.2) is 0 Å². The number of anilines is 1. The Kier molecular flexibility index (Phi) is 10.1. The van der Waals surface area contributed by atoms with Crippen LogP contribution in [0.25, 0.3) is 0 Å². The fourth-order valence-electron chi connectivity index (χ4n) is 4.01. The summed E-state index contributed by atoms with van der Waals surface area (Å²) >= 11 is 0. The number of rotatable bonds is 12. The van der Waals surface area contributed by atoms with E-state index in [-0.39, 0.29) is 23.0 Å². The van der Waals surface area contributed by atoms with E-state index in [1.54, 1.807) is 26.0 Å². The molecule has 39 heavy (non-hydrogen) atoms. The van der Waals surface area contributed by atoms with Crippen molar-refractivity contribution in [3.63, 3.8) is 0 Å². The first-order chi connectivity index (χ1) is 18.6. The lowest BCUT2D eigenvalue weighted by Gasteiger charge is -2.32. The Balaban J connectivity index is 2.04. The van der Waals surface area contributed by atoms with Crippen LogP contribution in [0, 0.1) is 12.7 Å². The quantitative estimate of drug-likeness (QED) is 0.360. The summed E-state index contributed by atoms with van der Waals surface area (Å²) in [6.07, 6.45) is 0. The highest BCUT2D eigenvalue weighted by atomic mass is 32.2. The highest BCUT2D eigenvalue weighted by Gasteiger charge is 2.32. The molecule has 1 N–H and O–H groups in total. The van der Waals surface area contributed by atoms with Crippen LogP contribution in [0.2, 0.25) is 0 Å². The van der Waals surface area contributed by atoms with E-state index in [0.29, 0.717) is 18.9 Å². The number of amides is 2. The minimum atomic E-state index is -4.28. The normalized spacial score (nSPS) is 11.9. The number of halogens is 1. The zero-order valence-electron chi connectivity index (χ0n) is 22.6. The Hall–Kier alpha value is -3.92. The van der Waals surface area contributed by atoms with Crippen LogP contribution in [0.15, 0.2) is 77.7 Å². The van der Waals surface area contributed by atoms with Gasteiger partial charge in [-0.05, 0) is 87.4 Å². The van der Waals surface area contributed by atoms with E-state index in [1.165, 1.54) is 17.0 Å². The van der Waals surface area contributed by atoms with Crippen molar-refractivity contribution in [2.24, 2.45) is 0 Å². The van der Waals surface area contributed by atoms with Gasteiger partial charge in [0.05, 0.1) is 17.2 Å². The van der Waals surface area contributed by atoms with Gasteiger partial charge in [0, 0.05) is 13.1 Å². The van der Waals surface area contributed by atoms with Gasteiger partial charge in [-0.3, -0.25) is 13.9 Å². The average molecular weight is 556 g/mol. The van der Waals surface area contributed by atoms with Gasteiger partial charge in [-0.25, -0.2) is 12.8 Å². The van der Waals surface area contributed by atoms with Crippen LogP contribution in [0.1, 0.15) is 31.9 Å². The van der Waals surface area contributed by atoms with E-state index >= 15 is 0 Å². The van der Waals surface area contributed by atoms with Crippen molar-refractivity contribution in [3.8, 4) is 5.75 Å². The highest BCUT2D eigenvalue weighted by molar-refractivity contribution is 7.92. The monoisotopic (exact) mass is 555 g/mol. The Morgan fingerprint density at radius 3 is 2.21 bits per heavy atom. The minimum Gasteiger partial charge on any atom is -0.494 e. The van der Waals surface area contributed by atoms with Crippen molar-refractivity contribution in [1.82, 2.24) is 10.2 Å². The number of benzene rings is 3. The van der Waals surface area contributed by atoms with Crippen molar-refractivity contribution in [2.45, 2.75) is 45.2 Å². The zero-order valence-corrected chi connectivity index (χ0v) is 23.4. The van der Waals surface area contributed by atoms with Gasteiger partial charge in [-0.15, -0.1) is 0 Å². The molecule has 0 aliphatic heterocycles. The van der Waals surface area contributed by atoms with Crippen molar-refractivity contribution in [3.05, 3.63) is 89.7 Å². The van der Waals surface area contributed by atoms with E-state index in [4.69, 9.17) is 4.74 Å². The second-order valence-electron chi connectivity index (χ2n) is 8.91. The van der Waals surface area contributed by atoms with Crippen LogP contribution in [0.4, 0.5) is 10.1 Å². The lowest BCUT2D eigenvalue weighted by atomic mass is 10.1. The summed E-state index contributed by atoms with van der Waals surface area (Å²) in [6, 6.07) is 17.3. The number of hydrogen-bond acceptors (Lipinski definition) is 5. The highest BCUT2D eigenvalue weighted by Crippen LogP contribution is 2.27. The van der Waals surface area contributed by atoms with Crippen molar-refractivity contribution < 1.29 is 27.1 Å². The third-order valence-corrected chi connectivity index (χ3v) is 8.02. The fraction of sp³-hybridized carbons (Fsp3) is 0.310. The van der Waals surface area contributed by atoms with Crippen LogP contribution in [0.3, 0.4) is 0 Å². The molecule has 0 aromatic heterocycles. The molecule has 0 aliphatic carbocycles. The molecule has 0 saturated carbocycles. The van der Waals surface area contributed by atoms with Gasteiger partial charge < -0.3 is 15.0 Å². The van der Waals surface area contributed by atoms with E-state index in [2.05, 4.69) is 5.32 Å². The summed E-state index contributed by atoms with van der Waals surface area (Å²) in [5.41, 5.74) is 1.98. The predicted octanol–water partition coefficient (Wildman–Crippen LogP) is 4.28.